The van der Waals surface area contributed by atoms with Crippen LogP contribution in [0.2, 0.25) is 0 Å². The second-order valence-corrected chi connectivity index (χ2v) is 7.16. The normalized spacial score (nSPS) is 15.7. The number of hydrogen-bond acceptors (Lipinski definition) is 5. The minimum Gasteiger partial charge on any atom is -0.497 e. The van der Waals surface area contributed by atoms with E-state index in [9.17, 15) is 4.79 Å². The van der Waals surface area contributed by atoms with Crippen LogP contribution in [0.1, 0.15) is 11.1 Å². The number of thiocarbonyl (C=S) groups is 1. The summed E-state index contributed by atoms with van der Waals surface area (Å²) in [6.45, 7) is 1.13. The predicted molar refractivity (Wildman–Crippen MR) is 105 cm³/mol. The molecule has 3 rings (SSSR count). The van der Waals surface area contributed by atoms with Crippen molar-refractivity contribution in [1.82, 2.24) is 10.2 Å². The van der Waals surface area contributed by atoms with Gasteiger partial charge in [0, 0.05) is 12.7 Å². The Morgan fingerprint density at radius 3 is 2.52 bits per heavy atom. The topological polar surface area (TPSA) is 41.6 Å². The number of ether oxygens (including phenoxy) is 1. The van der Waals surface area contributed by atoms with E-state index in [1.807, 2.05) is 54.6 Å². The van der Waals surface area contributed by atoms with Crippen LogP contribution in [0.5, 0.6) is 5.75 Å². The van der Waals surface area contributed by atoms with Gasteiger partial charge in [-0.15, -0.1) is 0 Å². The summed E-state index contributed by atoms with van der Waals surface area (Å²) < 4.78 is 5.73. The van der Waals surface area contributed by atoms with Crippen LogP contribution in [0.3, 0.4) is 0 Å². The van der Waals surface area contributed by atoms with Gasteiger partial charge in [-0.05, 0) is 23.3 Å². The van der Waals surface area contributed by atoms with Crippen LogP contribution in [0.25, 0.3) is 0 Å². The molecule has 0 radical (unpaired) electrons. The summed E-state index contributed by atoms with van der Waals surface area (Å²) in [5.74, 6) is 0.770. The molecule has 4 nitrogen and oxygen atoms in total. The maximum atomic E-state index is 12.5. The highest BCUT2D eigenvalue weighted by atomic mass is 32.2. The first-order valence-corrected chi connectivity index (χ1v) is 9.04. The number of nitrogens with one attached hydrogen (secondary N) is 1. The van der Waals surface area contributed by atoms with Crippen LogP contribution < -0.4 is 10.1 Å². The number of benzene rings is 2. The quantitative estimate of drug-likeness (QED) is 0.620. The van der Waals surface area contributed by atoms with Crippen molar-refractivity contribution < 1.29 is 9.53 Å². The first-order valence-electron chi connectivity index (χ1n) is 7.81. The van der Waals surface area contributed by atoms with Gasteiger partial charge in [-0.2, -0.15) is 0 Å². The van der Waals surface area contributed by atoms with E-state index in [1.165, 1.54) is 11.8 Å². The molecule has 2 aromatic carbocycles. The molecule has 1 amide bonds. The van der Waals surface area contributed by atoms with E-state index in [-0.39, 0.29) is 5.91 Å². The Labute approximate surface area is 156 Å². The molecule has 1 fully saturated rings. The smallest absolute Gasteiger partial charge is 0.267 e. The summed E-state index contributed by atoms with van der Waals surface area (Å²) in [4.78, 5) is 14.8. The standard InChI is InChI=1S/C19H18N2O2S2/c1-23-16-9-7-14(8-10-16)11-20-12-17-18(22)21(19(24)25-17)13-15-5-3-2-4-6-15/h2-10,12,20H,11,13H2,1H3. The average Bonchev–Trinajstić information content (AvgIpc) is 2.91. The van der Waals surface area contributed by atoms with E-state index in [2.05, 4.69) is 5.32 Å². The fourth-order valence-electron chi connectivity index (χ4n) is 2.41. The van der Waals surface area contributed by atoms with E-state index in [0.717, 1.165) is 16.9 Å². The van der Waals surface area contributed by atoms with E-state index in [0.29, 0.717) is 22.3 Å². The van der Waals surface area contributed by atoms with Crippen LogP contribution in [0.15, 0.2) is 65.7 Å². The molecule has 0 aromatic heterocycles. The molecular weight excluding hydrogens is 352 g/mol. The van der Waals surface area contributed by atoms with Gasteiger partial charge < -0.3 is 10.1 Å². The zero-order valence-corrected chi connectivity index (χ0v) is 15.4. The van der Waals surface area contributed by atoms with Gasteiger partial charge in [-0.1, -0.05) is 66.4 Å². The van der Waals surface area contributed by atoms with E-state index in [1.54, 1.807) is 18.2 Å². The number of nitrogens with zero attached hydrogens (tertiary/aromatic N) is 1. The number of carbonyl (C=O) groups is 1. The Kier molecular flexibility index (Phi) is 5.73. The second kappa shape index (κ2) is 8.18. The summed E-state index contributed by atoms with van der Waals surface area (Å²) in [5.41, 5.74) is 2.17. The minimum absolute atomic E-state index is 0.0546. The molecule has 0 aliphatic carbocycles. The number of methoxy groups -OCH3 is 1. The zero-order chi connectivity index (χ0) is 17.6. The average molecular weight is 370 g/mol. The van der Waals surface area contributed by atoms with E-state index < -0.39 is 0 Å². The highest BCUT2D eigenvalue weighted by Gasteiger charge is 2.31. The van der Waals surface area contributed by atoms with Crippen LogP contribution in [-0.2, 0) is 17.9 Å². The molecule has 0 saturated carbocycles. The summed E-state index contributed by atoms with van der Waals surface area (Å²) in [6, 6.07) is 17.6. The van der Waals surface area contributed by atoms with Gasteiger partial charge in [0.15, 0.2) is 0 Å². The summed E-state index contributed by atoms with van der Waals surface area (Å²) in [6.07, 6.45) is 1.74. The Hall–Kier alpha value is -2.31. The van der Waals surface area contributed by atoms with Gasteiger partial charge in [0.25, 0.3) is 5.91 Å². The molecule has 0 unspecified atom stereocenters. The SMILES string of the molecule is COc1ccc(CNC=C2SC(=S)N(Cc3ccccc3)C2=O)cc1. The molecule has 25 heavy (non-hydrogen) atoms. The Balaban J connectivity index is 1.59. The fourth-order valence-corrected chi connectivity index (χ4v) is 3.61. The summed E-state index contributed by atoms with van der Waals surface area (Å²) >= 11 is 6.68. The van der Waals surface area contributed by atoms with Crippen molar-refractivity contribution >= 4 is 34.2 Å². The molecule has 2 aromatic rings. The molecule has 0 atom stereocenters. The Morgan fingerprint density at radius 1 is 1.12 bits per heavy atom. The minimum atomic E-state index is -0.0546. The first kappa shape index (κ1) is 17.5. The van der Waals surface area contributed by atoms with Crippen LogP contribution in [0.4, 0.5) is 0 Å². The third kappa shape index (κ3) is 4.41. The highest BCUT2D eigenvalue weighted by molar-refractivity contribution is 8.26. The third-order valence-electron chi connectivity index (χ3n) is 3.76. The summed E-state index contributed by atoms with van der Waals surface area (Å²) in [5, 5.41) is 3.19. The molecule has 1 aliphatic heterocycles. The van der Waals surface area contributed by atoms with Crippen molar-refractivity contribution in [2.75, 3.05) is 7.11 Å². The van der Waals surface area contributed by atoms with Crippen LogP contribution in [-0.4, -0.2) is 22.2 Å². The molecule has 0 spiro atoms. The molecule has 0 bridgehead atoms. The van der Waals surface area contributed by atoms with E-state index in [4.69, 9.17) is 17.0 Å². The molecule has 128 valence electrons. The van der Waals surface area contributed by atoms with Crippen LogP contribution in [0, 0.1) is 0 Å². The third-order valence-corrected chi connectivity index (χ3v) is 5.13. The van der Waals surface area contributed by atoms with Gasteiger partial charge in [0.05, 0.1) is 18.6 Å². The molecular formula is C19H18N2O2S2. The largest absolute Gasteiger partial charge is 0.497 e. The van der Waals surface area contributed by atoms with Crippen molar-refractivity contribution in [1.29, 1.82) is 0 Å². The maximum Gasteiger partial charge on any atom is 0.267 e. The van der Waals surface area contributed by atoms with Crippen molar-refractivity contribution in [3.63, 3.8) is 0 Å². The van der Waals surface area contributed by atoms with Gasteiger partial charge >= 0.3 is 0 Å². The van der Waals surface area contributed by atoms with Crippen LogP contribution >= 0.6 is 24.0 Å². The lowest BCUT2D eigenvalue weighted by Crippen LogP contribution is -2.27. The molecule has 1 saturated heterocycles. The molecule has 6 heteroatoms. The zero-order valence-electron chi connectivity index (χ0n) is 13.8. The maximum absolute atomic E-state index is 12.5. The highest BCUT2D eigenvalue weighted by Crippen LogP contribution is 2.31. The summed E-state index contributed by atoms with van der Waals surface area (Å²) in [7, 11) is 1.64. The van der Waals surface area contributed by atoms with Crippen molar-refractivity contribution in [2.45, 2.75) is 13.1 Å². The van der Waals surface area contributed by atoms with Gasteiger partial charge in [0.1, 0.15) is 10.1 Å². The molecule has 1 heterocycles. The van der Waals surface area contributed by atoms with Crippen molar-refractivity contribution in [3.8, 4) is 5.75 Å². The Bertz CT molecular complexity index is 789. The van der Waals surface area contributed by atoms with E-state index >= 15 is 0 Å². The molecule has 1 aliphatic rings. The van der Waals surface area contributed by atoms with Gasteiger partial charge in [-0.25, -0.2) is 0 Å². The van der Waals surface area contributed by atoms with Gasteiger partial charge in [0.2, 0.25) is 0 Å². The predicted octanol–water partition coefficient (Wildman–Crippen LogP) is 3.69. The number of hydrogen-bond donors (Lipinski definition) is 1. The monoisotopic (exact) mass is 370 g/mol. The number of thioether (sulfide) groups is 1. The lowest BCUT2D eigenvalue weighted by Gasteiger charge is -2.14. The number of carbonyl (C=O) groups excluding carboxylic acids is 1. The van der Waals surface area contributed by atoms with Gasteiger partial charge in [-0.3, -0.25) is 9.69 Å². The fraction of sp³-hybridized carbons (Fsp3) is 0.158. The lowest BCUT2D eigenvalue weighted by atomic mass is 10.2. The van der Waals surface area contributed by atoms with Crippen molar-refractivity contribution in [2.24, 2.45) is 0 Å². The Morgan fingerprint density at radius 2 is 1.84 bits per heavy atom. The van der Waals surface area contributed by atoms with Crippen molar-refractivity contribution in [3.05, 3.63) is 76.8 Å². The second-order valence-electron chi connectivity index (χ2n) is 5.48. The lowest BCUT2D eigenvalue weighted by molar-refractivity contribution is -0.122. The molecule has 1 N–H and O–H groups in total. The number of rotatable bonds is 6. The number of amides is 1. The first-order chi connectivity index (χ1) is 12.2.